The van der Waals surface area contributed by atoms with Gasteiger partial charge in [0, 0.05) is 37.2 Å². The predicted octanol–water partition coefficient (Wildman–Crippen LogP) is 3.55. The molecule has 0 aliphatic carbocycles. The number of nitrogens with one attached hydrogen (secondary N) is 1. The number of aromatic amines is 1. The summed E-state index contributed by atoms with van der Waals surface area (Å²) in [5, 5.41) is 7.82. The molecule has 126 valence electrons. The quantitative estimate of drug-likeness (QED) is 0.671. The lowest BCUT2D eigenvalue weighted by molar-refractivity contribution is -0.127. The molecule has 24 heavy (non-hydrogen) atoms. The molecular weight excluding hydrogens is 344 g/mol. The van der Waals surface area contributed by atoms with Gasteiger partial charge in [-0.05, 0) is 48.8 Å². The first-order valence-electron chi connectivity index (χ1n) is 7.88. The highest BCUT2D eigenvalue weighted by Gasteiger charge is 2.25. The average Bonchev–Trinajstić information content (AvgIpc) is 2.93. The molecule has 1 aliphatic rings. The largest absolute Gasteiger partial charge is 0.339 e. The smallest absolute Gasteiger partial charge is 0.246 e. The zero-order valence-corrected chi connectivity index (χ0v) is 15.0. The Morgan fingerprint density at radius 1 is 1.33 bits per heavy atom. The molecule has 1 aromatic carbocycles. The number of halogens is 1. The van der Waals surface area contributed by atoms with E-state index in [-0.39, 0.29) is 5.91 Å². The van der Waals surface area contributed by atoms with Gasteiger partial charge in [-0.15, -0.1) is 0 Å². The standard InChI is InChI=1S/C17H19ClN4OS/c1-21-16(19-20-17(21)24)13-8-10-22(11-9-13)15(23)7-4-12-2-5-14(18)6-3-12/h2-7,13H,8-11H2,1H3,(H,20,24). The van der Waals surface area contributed by atoms with Gasteiger partial charge in [-0.2, -0.15) is 5.10 Å². The fourth-order valence-electron chi connectivity index (χ4n) is 2.93. The highest BCUT2D eigenvalue weighted by Crippen LogP contribution is 2.26. The molecule has 3 rings (SSSR count). The van der Waals surface area contributed by atoms with E-state index < -0.39 is 0 Å². The summed E-state index contributed by atoms with van der Waals surface area (Å²) in [7, 11) is 1.92. The lowest BCUT2D eigenvalue weighted by atomic mass is 9.96. The topological polar surface area (TPSA) is 53.9 Å². The maximum atomic E-state index is 12.3. The highest BCUT2D eigenvalue weighted by atomic mass is 35.5. The monoisotopic (exact) mass is 362 g/mol. The number of H-pyrrole nitrogens is 1. The van der Waals surface area contributed by atoms with Gasteiger partial charge in [0.2, 0.25) is 5.91 Å². The number of carbonyl (C=O) groups excluding carboxylic acids is 1. The van der Waals surface area contributed by atoms with Crippen LogP contribution in [0.2, 0.25) is 5.02 Å². The molecule has 0 bridgehead atoms. The summed E-state index contributed by atoms with van der Waals surface area (Å²) in [5.74, 6) is 1.36. The van der Waals surface area contributed by atoms with Crippen molar-refractivity contribution in [1.82, 2.24) is 19.7 Å². The number of rotatable bonds is 3. The summed E-state index contributed by atoms with van der Waals surface area (Å²) in [6.07, 6.45) is 5.24. The van der Waals surface area contributed by atoms with Crippen LogP contribution in [0.5, 0.6) is 0 Å². The van der Waals surface area contributed by atoms with Crippen LogP contribution in [0.3, 0.4) is 0 Å². The second-order valence-corrected chi connectivity index (χ2v) is 6.75. The van der Waals surface area contributed by atoms with Crippen molar-refractivity contribution >= 4 is 35.8 Å². The molecule has 1 N–H and O–H groups in total. The van der Waals surface area contributed by atoms with Crippen LogP contribution in [0.25, 0.3) is 6.08 Å². The van der Waals surface area contributed by atoms with Crippen molar-refractivity contribution in [3.05, 3.63) is 51.5 Å². The maximum absolute atomic E-state index is 12.3. The normalized spacial score (nSPS) is 16.0. The van der Waals surface area contributed by atoms with Gasteiger partial charge in [-0.1, -0.05) is 23.7 Å². The molecule has 0 atom stereocenters. The van der Waals surface area contributed by atoms with Gasteiger partial charge in [0.25, 0.3) is 0 Å². The average molecular weight is 363 g/mol. The molecule has 1 saturated heterocycles. The predicted molar refractivity (Wildman–Crippen MR) is 97.4 cm³/mol. The lowest BCUT2D eigenvalue weighted by Gasteiger charge is -2.30. The molecule has 5 nitrogen and oxygen atoms in total. The first kappa shape index (κ1) is 16.9. The van der Waals surface area contributed by atoms with E-state index >= 15 is 0 Å². The Labute approximate surface area is 150 Å². The van der Waals surface area contributed by atoms with E-state index in [1.165, 1.54) is 0 Å². The minimum atomic E-state index is 0.0405. The molecule has 7 heteroatoms. The molecule has 0 radical (unpaired) electrons. The Kier molecular flexibility index (Phi) is 5.16. The van der Waals surface area contributed by atoms with Gasteiger partial charge in [-0.25, -0.2) is 0 Å². The second-order valence-electron chi connectivity index (χ2n) is 5.93. The number of carbonyl (C=O) groups is 1. The number of piperidine rings is 1. The van der Waals surface area contributed by atoms with Crippen molar-refractivity contribution in [3.63, 3.8) is 0 Å². The van der Waals surface area contributed by atoms with E-state index in [1.807, 2.05) is 46.9 Å². The zero-order chi connectivity index (χ0) is 17.1. The van der Waals surface area contributed by atoms with Gasteiger partial charge >= 0.3 is 0 Å². The number of likely N-dealkylation sites (tertiary alicyclic amines) is 1. The van der Waals surface area contributed by atoms with Crippen molar-refractivity contribution in [2.45, 2.75) is 18.8 Å². The van der Waals surface area contributed by atoms with E-state index in [4.69, 9.17) is 23.8 Å². The Morgan fingerprint density at radius 2 is 2.00 bits per heavy atom. The van der Waals surface area contributed by atoms with E-state index in [9.17, 15) is 4.79 Å². The Morgan fingerprint density at radius 3 is 2.58 bits per heavy atom. The molecule has 2 heterocycles. The van der Waals surface area contributed by atoms with Crippen LogP contribution in [0.4, 0.5) is 0 Å². The van der Waals surface area contributed by atoms with Crippen LogP contribution in [0.15, 0.2) is 30.3 Å². The van der Waals surface area contributed by atoms with Crippen LogP contribution >= 0.6 is 23.8 Å². The fourth-order valence-corrected chi connectivity index (χ4v) is 3.19. The van der Waals surface area contributed by atoms with Crippen molar-refractivity contribution in [1.29, 1.82) is 0 Å². The molecule has 1 fully saturated rings. The van der Waals surface area contributed by atoms with Crippen molar-refractivity contribution in [2.24, 2.45) is 7.05 Å². The molecule has 0 unspecified atom stereocenters. The molecule has 2 aromatic rings. The maximum Gasteiger partial charge on any atom is 0.246 e. The highest BCUT2D eigenvalue weighted by molar-refractivity contribution is 7.71. The summed E-state index contributed by atoms with van der Waals surface area (Å²) in [4.78, 5) is 14.2. The Hall–Kier alpha value is -1.92. The van der Waals surface area contributed by atoms with E-state index in [0.29, 0.717) is 15.7 Å². The first-order chi connectivity index (χ1) is 11.5. The molecular formula is C17H19ClN4OS. The number of nitrogens with zero attached hydrogens (tertiary/aromatic N) is 3. The number of aromatic nitrogens is 3. The number of hydrogen-bond acceptors (Lipinski definition) is 3. The third-order valence-corrected chi connectivity index (χ3v) is 4.99. The first-order valence-corrected chi connectivity index (χ1v) is 8.67. The van der Waals surface area contributed by atoms with Crippen LogP contribution in [-0.2, 0) is 11.8 Å². The number of hydrogen-bond donors (Lipinski definition) is 1. The number of amides is 1. The molecule has 1 aliphatic heterocycles. The summed E-state index contributed by atoms with van der Waals surface area (Å²) in [5.41, 5.74) is 0.962. The zero-order valence-electron chi connectivity index (χ0n) is 13.4. The summed E-state index contributed by atoms with van der Waals surface area (Å²) >= 11 is 11.0. The van der Waals surface area contributed by atoms with Crippen LogP contribution in [-0.4, -0.2) is 38.7 Å². The molecule has 0 spiro atoms. The van der Waals surface area contributed by atoms with Gasteiger partial charge in [0.05, 0.1) is 0 Å². The summed E-state index contributed by atoms with van der Waals surface area (Å²) in [6.45, 7) is 1.46. The van der Waals surface area contributed by atoms with Crippen molar-refractivity contribution < 1.29 is 4.79 Å². The molecule has 0 saturated carbocycles. The van der Waals surface area contributed by atoms with Crippen molar-refractivity contribution in [3.8, 4) is 0 Å². The van der Waals surface area contributed by atoms with Crippen LogP contribution < -0.4 is 0 Å². The van der Waals surface area contributed by atoms with Gasteiger partial charge in [0.15, 0.2) is 4.77 Å². The van der Waals surface area contributed by atoms with E-state index in [2.05, 4.69) is 10.2 Å². The van der Waals surface area contributed by atoms with E-state index in [0.717, 1.165) is 37.3 Å². The number of benzene rings is 1. The summed E-state index contributed by atoms with van der Waals surface area (Å²) < 4.78 is 2.55. The Bertz CT molecular complexity index is 801. The summed E-state index contributed by atoms with van der Waals surface area (Å²) in [6, 6.07) is 7.41. The third-order valence-electron chi connectivity index (χ3n) is 4.37. The molecule has 1 aromatic heterocycles. The molecule has 1 amide bonds. The Balaban J connectivity index is 1.58. The van der Waals surface area contributed by atoms with E-state index in [1.54, 1.807) is 6.08 Å². The van der Waals surface area contributed by atoms with Crippen LogP contribution in [0, 0.1) is 4.77 Å². The SMILES string of the molecule is Cn1c(C2CCN(C(=O)C=Cc3ccc(Cl)cc3)CC2)n[nH]c1=S. The minimum Gasteiger partial charge on any atom is -0.339 e. The van der Waals surface area contributed by atoms with Crippen molar-refractivity contribution in [2.75, 3.05) is 13.1 Å². The van der Waals surface area contributed by atoms with Gasteiger partial charge in [-0.3, -0.25) is 9.89 Å². The fraction of sp³-hybridized carbons (Fsp3) is 0.353. The third kappa shape index (κ3) is 3.76. The van der Waals surface area contributed by atoms with Gasteiger partial charge < -0.3 is 9.47 Å². The lowest BCUT2D eigenvalue weighted by Crippen LogP contribution is -2.37. The van der Waals surface area contributed by atoms with Crippen LogP contribution in [0.1, 0.15) is 30.1 Å². The minimum absolute atomic E-state index is 0.0405. The van der Waals surface area contributed by atoms with Gasteiger partial charge in [0.1, 0.15) is 5.82 Å². The second kappa shape index (κ2) is 7.32.